The van der Waals surface area contributed by atoms with Gasteiger partial charge in [0, 0.05) is 26.2 Å². The first-order chi connectivity index (χ1) is 7.69. The molecule has 2 heteroatoms. The molecule has 2 heterocycles. The van der Waals surface area contributed by atoms with Gasteiger partial charge >= 0.3 is 0 Å². The highest BCUT2D eigenvalue weighted by atomic mass is 15.2. The van der Waals surface area contributed by atoms with E-state index in [1.165, 1.54) is 52.1 Å². The molecule has 0 amide bonds. The molecule has 0 saturated carbocycles. The summed E-state index contributed by atoms with van der Waals surface area (Å²) < 4.78 is 0. The molecule has 2 fully saturated rings. The lowest BCUT2D eigenvalue weighted by atomic mass is 9.87. The Kier molecular flexibility index (Phi) is 4.26. The Bertz CT molecular complexity index is 209. The fourth-order valence-corrected chi connectivity index (χ4v) is 3.13. The summed E-state index contributed by atoms with van der Waals surface area (Å²) in [6.07, 6.45) is 2.87. The molecule has 0 radical (unpaired) electrons. The minimum atomic E-state index is 0.884. The molecule has 2 nitrogen and oxygen atoms in total. The molecule has 1 atom stereocenters. The third-order valence-corrected chi connectivity index (χ3v) is 4.49. The van der Waals surface area contributed by atoms with Crippen LogP contribution in [0.25, 0.3) is 0 Å². The molecule has 94 valence electrons. The summed E-state index contributed by atoms with van der Waals surface area (Å²) in [5.41, 5.74) is 0. The molecular weight excluding hydrogens is 196 g/mol. The predicted molar refractivity (Wildman–Crippen MR) is 69.6 cm³/mol. The van der Waals surface area contributed by atoms with E-state index in [0.717, 1.165) is 17.8 Å². The molecule has 2 saturated heterocycles. The Balaban J connectivity index is 1.67. The Morgan fingerprint density at radius 1 is 1.12 bits per heavy atom. The van der Waals surface area contributed by atoms with Gasteiger partial charge in [0.05, 0.1) is 0 Å². The third kappa shape index (κ3) is 2.98. The maximum Gasteiger partial charge on any atom is 0.00246 e. The van der Waals surface area contributed by atoms with Gasteiger partial charge in [0.1, 0.15) is 0 Å². The molecule has 0 spiro atoms. The maximum atomic E-state index is 2.68. The first-order valence-corrected chi connectivity index (χ1v) is 7.13. The van der Waals surface area contributed by atoms with E-state index < -0.39 is 0 Å². The minimum Gasteiger partial charge on any atom is -0.303 e. The highest BCUT2D eigenvalue weighted by Gasteiger charge is 2.31. The Morgan fingerprint density at radius 2 is 1.88 bits per heavy atom. The third-order valence-electron chi connectivity index (χ3n) is 4.49. The van der Waals surface area contributed by atoms with E-state index in [1.54, 1.807) is 0 Å². The molecule has 2 aliphatic rings. The lowest BCUT2D eigenvalue weighted by Gasteiger charge is -2.44. The van der Waals surface area contributed by atoms with Crippen LogP contribution in [0.15, 0.2) is 0 Å². The van der Waals surface area contributed by atoms with Crippen LogP contribution >= 0.6 is 0 Å². The summed E-state index contributed by atoms with van der Waals surface area (Å²) in [7, 11) is 0. The van der Waals surface area contributed by atoms with Crippen LogP contribution in [0, 0.1) is 17.8 Å². The fourth-order valence-electron chi connectivity index (χ4n) is 3.13. The van der Waals surface area contributed by atoms with Gasteiger partial charge in [-0.15, -0.1) is 0 Å². The predicted octanol–water partition coefficient (Wildman–Crippen LogP) is 2.31. The van der Waals surface area contributed by atoms with Crippen LogP contribution in [-0.4, -0.2) is 49.1 Å². The van der Waals surface area contributed by atoms with Crippen molar-refractivity contribution < 1.29 is 0 Å². The minimum absolute atomic E-state index is 0.884. The second-order valence-corrected chi connectivity index (χ2v) is 6.12. The zero-order valence-corrected chi connectivity index (χ0v) is 11.3. The van der Waals surface area contributed by atoms with Gasteiger partial charge in [0.25, 0.3) is 0 Å². The van der Waals surface area contributed by atoms with Crippen LogP contribution in [0.2, 0.25) is 0 Å². The van der Waals surface area contributed by atoms with E-state index in [9.17, 15) is 0 Å². The van der Waals surface area contributed by atoms with E-state index >= 15 is 0 Å². The number of likely N-dealkylation sites (tertiary alicyclic amines) is 2. The molecule has 16 heavy (non-hydrogen) atoms. The molecule has 2 aliphatic heterocycles. The molecule has 0 N–H and O–H groups in total. The number of piperidine rings is 1. The zero-order chi connectivity index (χ0) is 11.5. The highest BCUT2D eigenvalue weighted by Crippen LogP contribution is 2.26. The van der Waals surface area contributed by atoms with E-state index in [-0.39, 0.29) is 0 Å². The van der Waals surface area contributed by atoms with Gasteiger partial charge < -0.3 is 9.80 Å². The first kappa shape index (κ1) is 12.4. The lowest BCUT2D eigenvalue weighted by Crippen LogP contribution is -2.52. The average Bonchev–Trinajstić information content (AvgIpc) is 2.22. The Morgan fingerprint density at radius 3 is 2.50 bits per heavy atom. The molecule has 2 rings (SSSR count). The molecule has 0 aromatic rings. The average molecular weight is 224 g/mol. The number of hydrogen-bond acceptors (Lipinski definition) is 2. The second kappa shape index (κ2) is 5.50. The van der Waals surface area contributed by atoms with Crippen molar-refractivity contribution in [1.82, 2.24) is 9.80 Å². The number of hydrogen-bond donors (Lipinski definition) is 0. The summed E-state index contributed by atoms with van der Waals surface area (Å²) in [6.45, 7) is 15.0. The van der Waals surface area contributed by atoms with Crippen molar-refractivity contribution in [3.8, 4) is 0 Å². The molecular formula is C14H28N2. The van der Waals surface area contributed by atoms with E-state index in [1.807, 2.05) is 0 Å². The monoisotopic (exact) mass is 224 g/mol. The van der Waals surface area contributed by atoms with Gasteiger partial charge in [-0.25, -0.2) is 0 Å². The van der Waals surface area contributed by atoms with Crippen molar-refractivity contribution in [2.75, 3.05) is 39.3 Å². The highest BCUT2D eigenvalue weighted by molar-refractivity contribution is 4.85. The summed E-state index contributed by atoms with van der Waals surface area (Å²) in [5.74, 6) is 2.81. The van der Waals surface area contributed by atoms with Crippen molar-refractivity contribution in [1.29, 1.82) is 0 Å². The largest absolute Gasteiger partial charge is 0.303 e. The molecule has 1 unspecified atom stereocenters. The molecule has 0 aliphatic carbocycles. The van der Waals surface area contributed by atoms with Crippen LogP contribution in [-0.2, 0) is 0 Å². The van der Waals surface area contributed by atoms with Crippen molar-refractivity contribution in [3.63, 3.8) is 0 Å². The topological polar surface area (TPSA) is 6.48 Å². The quantitative estimate of drug-likeness (QED) is 0.723. The normalized spacial score (nSPS) is 29.6. The van der Waals surface area contributed by atoms with E-state index in [4.69, 9.17) is 0 Å². The van der Waals surface area contributed by atoms with E-state index in [2.05, 4.69) is 30.6 Å². The van der Waals surface area contributed by atoms with Gasteiger partial charge in [0.15, 0.2) is 0 Å². The summed E-state index contributed by atoms with van der Waals surface area (Å²) in [4.78, 5) is 5.29. The van der Waals surface area contributed by atoms with Gasteiger partial charge in [-0.1, -0.05) is 20.8 Å². The van der Waals surface area contributed by atoms with Crippen molar-refractivity contribution in [2.45, 2.75) is 33.6 Å². The lowest BCUT2D eigenvalue weighted by molar-refractivity contribution is 0.0373. The van der Waals surface area contributed by atoms with Crippen LogP contribution < -0.4 is 0 Å². The molecule has 0 aromatic carbocycles. The van der Waals surface area contributed by atoms with Crippen molar-refractivity contribution >= 4 is 0 Å². The van der Waals surface area contributed by atoms with Crippen LogP contribution in [0.4, 0.5) is 0 Å². The molecule has 0 aromatic heterocycles. The van der Waals surface area contributed by atoms with Gasteiger partial charge in [-0.05, 0) is 43.7 Å². The van der Waals surface area contributed by atoms with Crippen molar-refractivity contribution in [3.05, 3.63) is 0 Å². The van der Waals surface area contributed by atoms with Crippen LogP contribution in [0.5, 0.6) is 0 Å². The van der Waals surface area contributed by atoms with Crippen LogP contribution in [0.3, 0.4) is 0 Å². The fraction of sp³-hybridized carbons (Fsp3) is 1.00. The zero-order valence-electron chi connectivity index (χ0n) is 11.3. The van der Waals surface area contributed by atoms with Gasteiger partial charge in [-0.3, -0.25) is 0 Å². The first-order valence-electron chi connectivity index (χ1n) is 7.13. The number of rotatable bonds is 4. The standard InChI is InChI=1S/C14H28N2/c1-4-15-7-5-6-13(8-15)9-16-10-14(11-16)12(2)3/h12-14H,4-11H2,1-3H3. The Labute approximate surface area is 101 Å². The summed E-state index contributed by atoms with van der Waals surface area (Å²) >= 11 is 0. The van der Waals surface area contributed by atoms with Crippen molar-refractivity contribution in [2.24, 2.45) is 17.8 Å². The summed E-state index contributed by atoms with van der Waals surface area (Å²) in [6, 6.07) is 0. The smallest absolute Gasteiger partial charge is 0.00246 e. The number of nitrogens with zero attached hydrogens (tertiary/aromatic N) is 2. The Hall–Kier alpha value is -0.0800. The summed E-state index contributed by atoms with van der Waals surface area (Å²) in [5, 5.41) is 0. The van der Waals surface area contributed by atoms with Gasteiger partial charge in [0.2, 0.25) is 0 Å². The SMILES string of the molecule is CCN1CCCC(CN2CC(C(C)C)C2)C1. The molecule has 0 bridgehead atoms. The maximum absolute atomic E-state index is 2.68. The van der Waals surface area contributed by atoms with E-state index in [0.29, 0.717) is 0 Å². The second-order valence-electron chi connectivity index (χ2n) is 6.12. The van der Waals surface area contributed by atoms with Crippen LogP contribution in [0.1, 0.15) is 33.6 Å². The van der Waals surface area contributed by atoms with Gasteiger partial charge in [-0.2, -0.15) is 0 Å².